The molecule has 33 heavy (non-hydrogen) atoms. The Kier molecular flexibility index (Phi) is 6.84. The number of esters is 1. The van der Waals surface area contributed by atoms with E-state index in [1.165, 1.54) is 23.6 Å². The predicted octanol–water partition coefficient (Wildman–Crippen LogP) is 5.76. The number of nitro groups is 1. The molecule has 1 heterocycles. The van der Waals surface area contributed by atoms with Crippen molar-refractivity contribution in [3.8, 4) is 5.75 Å². The van der Waals surface area contributed by atoms with Crippen LogP contribution in [0, 0.1) is 10.1 Å². The van der Waals surface area contributed by atoms with Gasteiger partial charge >= 0.3 is 11.7 Å². The number of aromatic hydroxyl groups is 1. The first kappa shape index (κ1) is 22.7. The molecule has 0 amide bonds. The molecule has 0 unspecified atom stereocenters. The van der Waals surface area contributed by atoms with Crippen LogP contribution in [0.4, 0.5) is 10.7 Å². The maximum Gasteiger partial charge on any atom is 0.341 e. The Morgan fingerprint density at radius 1 is 1.21 bits per heavy atom. The van der Waals surface area contributed by atoms with Gasteiger partial charge in [0.25, 0.3) is 0 Å². The van der Waals surface area contributed by atoms with Gasteiger partial charge in [-0.1, -0.05) is 30.3 Å². The Bertz CT molecular complexity index is 1220. The van der Waals surface area contributed by atoms with Gasteiger partial charge in [0.15, 0.2) is 0 Å². The summed E-state index contributed by atoms with van der Waals surface area (Å²) in [4.78, 5) is 29.2. The standard InChI is InChI=1S/C25H24N2O5S/c1-2-32-25(29)22-19-10-6-7-11-21(19)33-24(22)26-15-18-13-17(12-16-8-4-3-5-9-16)14-20(23(18)28)27(30)31/h3-5,8-9,13-15,28H,2,6-7,10-12H2,1H3/b26-15+. The number of carbonyl (C=O) groups is 1. The summed E-state index contributed by atoms with van der Waals surface area (Å²) in [6, 6.07) is 12.7. The highest BCUT2D eigenvalue weighted by Gasteiger charge is 2.26. The summed E-state index contributed by atoms with van der Waals surface area (Å²) in [5, 5.41) is 22.6. The number of rotatable bonds is 7. The number of fused-ring (bicyclic) bond motifs is 1. The number of nitro benzene ring substituents is 1. The highest BCUT2D eigenvalue weighted by atomic mass is 32.1. The lowest BCUT2D eigenvalue weighted by atomic mass is 9.95. The van der Waals surface area contributed by atoms with E-state index in [4.69, 9.17) is 4.74 Å². The maximum atomic E-state index is 12.6. The van der Waals surface area contributed by atoms with Crippen molar-refractivity contribution in [2.75, 3.05) is 6.61 Å². The van der Waals surface area contributed by atoms with Crippen LogP contribution in [0.3, 0.4) is 0 Å². The second-order valence-corrected chi connectivity index (χ2v) is 8.93. The second-order valence-electron chi connectivity index (χ2n) is 7.84. The summed E-state index contributed by atoms with van der Waals surface area (Å²) in [6.45, 7) is 2.02. The lowest BCUT2D eigenvalue weighted by Gasteiger charge is -2.11. The van der Waals surface area contributed by atoms with Gasteiger partial charge in [-0.25, -0.2) is 9.79 Å². The second kappa shape index (κ2) is 9.95. The number of benzene rings is 2. The molecular formula is C25H24N2O5S. The largest absolute Gasteiger partial charge is 0.502 e. The predicted molar refractivity (Wildman–Crippen MR) is 128 cm³/mol. The number of hydrogen-bond acceptors (Lipinski definition) is 7. The molecular weight excluding hydrogens is 440 g/mol. The van der Waals surface area contributed by atoms with Crippen LogP contribution in [0.2, 0.25) is 0 Å². The first-order valence-corrected chi connectivity index (χ1v) is 11.7. The number of phenols is 1. The van der Waals surface area contributed by atoms with Crippen LogP contribution >= 0.6 is 11.3 Å². The number of aryl methyl sites for hydroxylation is 1. The van der Waals surface area contributed by atoms with Gasteiger partial charge in [-0.15, -0.1) is 11.3 Å². The smallest absolute Gasteiger partial charge is 0.341 e. The van der Waals surface area contributed by atoms with Crippen molar-refractivity contribution in [2.24, 2.45) is 4.99 Å². The zero-order valence-corrected chi connectivity index (χ0v) is 19.1. The van der Waals surface area contributed by atoms with Crippen molar-refractivity contribution in [1.82, 2.24) is 0 Å². The van der Waals surface area contributed by atoms with Gasteiger partial charge in [-0.3, -0.25) is 10.1 Å². The number of aliphatic imine (C=N–C) groups is 1. The molecule has 4 rings (SSSR count). The average molecular weight is 465 g/mol. The van der Waals surface area contributed by atoms with Crippen molar-refractivity contribution in [3.63, 3.8) is 0 Å². The molecule has 0 aliphatic heterocycles. The Labute approximate surface area is 195 Å². The number of phenolic OH excluding ortho intramolecular Hbond substituents is 1. The Morgan fingerprint density at radius 3 is 2.70 bits per heavy atom. The molecule has 1 N–H and O–H groups in total. The van der Waals surface area contributed by atoms with E-state index in [0.717, 1.165) is 41.7 Å². The minimum Gasteiger partial charge on any atom is -0.502 e. The zero-order valence-electron chi connectivity index (χ0n) is 18.2. The molecule has 1 aromatic heterocycles. The van der Waals surface area contributed by atoms with E-state index in [9.17, 15) is 20.0 Å². The van der Waals surface area contributed by atoms with Crippen molar-refractivity contribution in [1.29, 1.82) is 0 Å². The Hall–Kier alpha value is -3.52. The van der Waals surface area contributed by atoms with E-state index in [2.05, 4.69) is 4.99 Å². The molecule has 0 saturated carbocycles. The van der Waals surface area contributed by atoms with Gasteiger partial charge in [-0.05, 0) is 61.8 Å². The maximum absolute atomic E-state index is 12.6. The molecule has 1 aliphatic carbocycles. The number of thiophene rings is 1. The monoisotopic (exact) mass is 464 g/mol. The van der Waals surface area contributed by atoms with E-state index in [0.29, 0.717) is 22.5 Å². The van der Waals surface area contributed by atoms with Crippen LogP contribution in [0.15, 0.2) is 47.5 Å². The number of carbonyl (C=O) groups excluding carboxylic acids is 1. The van der Waals surface area contributed by atoms with Crippen LogP contribution in [0.25, 0.3) is 0 Å². The van der Waals surface area contributed by atoms with Crippen molar-refractivity contribution < 1.29 is 19.6 Å². The lowest BCUT2D eigenvalue weighted by Crippen LogP contribution is -2.09. The SMILES string of the molecule is CCOC(=O)c1c(/N=C/c2cc(Cc3ccccc3)cc([N+](=O)[O-])c2O)sc2c1CCCC2. The minimum atomic E-state index is -0.602. The molecule has 1 aliphatic rings. The summed E-state index contributed by atoms with van der Waals surface area (Å²) in [5.74, 6) is -0.850. The molecule has 0 fully saturated rings. The van der Waals surface area contributed by atoms with E-state index in [1.54, 1.807) is 13.0 Å². The summed E-state index contributed by atoms with van der Waals surface area (Å²) < 4.78 is 5.26. The van der Waals surface area contributed by atoms with Crippen LogP contribution in [-0.2, 0) is 24.0 Å². The molecule has 3 aromatic rings. The molecule has 0 saturated heterocycles. The number of hydrogen-bond donors (Lipinski definition) is 1. The first-order valence-electron chi connectivity index (χ1n) is 10.9. The van der Waals surface area contributed by atoms with Crippen molar-refractivity contribution >= 4 is 34.2 Å². The molecule has 0 spiro atoms. The van der Waals surface area contributed by atoms with Gasteiger partial charge in [-0.2, -0.15) is 0 Å². The van der Waals surface area contributed by atoms with Gasteiger partial charge in [0.05, 0.1) is 17.1 Å². The topological polar surface area (TPSA) is 102 Å². The average Bonchev–Trinajstić information content (AvgIpc) is 3.18. The third kappa shape index (κ3) is 4.96. The van der Waals surface area contributed by atoms with Gasteiger partial charge in [0.2, 0.25) is 5.75 Å². The van der Waals surface area contributed by atoms with Crippen molar-refractivity contribution in [3.05, 3.63) is 85.3 Å². The summed E-state index contributed by atoms with van der Waals surface area (Å²) in [6.07, 6.45) is 5.65. The number of nitrogens with zero attached hydrogens (tertiary/aromatic N) is 2. The van der Waals surface area contributed by atoms with Crippen LogP contribution < -0.4 is 0 Å². The quantitative estimate of drug-likeness (QED) is 0.207. The molecule has 7 nitrogen and oxygen atoms in total. The fourth-order valence-corrected chi connectivity index (χ4v) is 5.28. The third-order valence-corrected chi connectivity index (χ3v) is 6.78. The molecule has 0 bridgehead atoms. The molecule has 2 aromatic carbocycles. The highest BCUT2D eigenvalue weighted by molar-refractivity contribution is 7.16. The molecule has 8 heteroatoms. The van der Waals surface area contributed by atoms with E-state index >= 15 is 0 Å². The normalized spacial score (nSPS) is 13.1. The molecule has 170 valence electrons. The lowest BCUT2D eigenvalue weighted by molar-refractivity contribution is -0.385. The fraction of sp³-hybridized carbons (Fsp3) is 0.280. The van der Waals surface area contributed by atoms with Crippen molar-refractivity contribution in [2.45, 2.75) is 39.0 Å². The van der Waals surface area contributed by atoms with Gasteiger partial charge in [0.1, 0.15) is 5.00 Å². The van der Waals surface area contributed by atoms with E-state index < -0.39 is 16.6 Å². The molecule has 0 radical (unpaired) electrons. The first-order chi connectivity index (χ1) is 16.0. The zero-order chi connectivity index (χ0) is 23.4. The Balaban J connectivity index is 1.74. The van der Waals surface area contributed by atoms with E-state index in [-0.39, 0.29) is 17.9 Å². The van der Waals surface area contributed by atoms with E-state index in [1.807, 2.05) is 30.3 Å². The summed E-state index contributed by atoms with van der Waals surface area (Å²) in [7, 11) is 0. The Morgan fingerprint density at radius 2 is 1.97 bits per heavy atom. The van der Waals surface area contributed by atoms with Gasteiger partial charge < -0.3 is 9.84 Å². The third-order valence-electron chi connectivity index (χ3n) is 5.58. The number of ether oxygens (including phenoxy) is 1. The fourth-order valence-electron chi connectivity index (χ4n) is 4.06. The van der Waals surface area contributed by atoms with Crippen LogP contribution in [-0.4, -0.2) is 28.8 Å². The minimum absolute atomic E-state index is 0.233. The van der Waals surface area contributed by atoms with Crippen LogP contribution in [0.5, 0.6) is 5.75 Å². The van der Waals surface area contributed by atoms with Crippen LogP contribution in [0.1, 0.15) is 57.3 Å². The molecule has 0 atom stereocenters. The van der Waals surface area contributed by atoms with Gasteiger partial charge in [0, 0.05) is 22.7 Å². The summed E-state index contributed by atoms with van der Waals surface area (Å²) in [5.41, 5.74) is 3.00. The summed E-state index contributed by atoms with van der Waals surface area (Å²) >= 11 is 1.44. The highest BCUT2D eigenvalue weighted by Crippen LogP contribution is 2.40.